The minimum absolute atomic E-state index is 0.205. The van der Waals surface area contributed by atoms with Crippen LogP contribution in [0.4, 0.5) is 0 Å². The molecule has 22 heavy (non-hydrogen) atoms. The lowest BCUT2D eigenvalue weighted by Gasteiger charge is -2.41. The first-order chi connectivity index (χ1) is 10.1. The van der Waals surface area contributed by atoms with E-state index in [2.05, 4.69) is 13.8 Å². The summed E-state index contributed by atoms with van der Waals surface area (Å²) in [5.41, 5.74) is -0.628. The Kier molecular flexibility index (Phi) is 4.84. The van der Waals surface area contributed by atoms with Crippen LogP contribution in [-0.2, 0) is 19.1 Å². The minimum Gasteiger partial charge on any atom is -0.347 e. The van der Waals surface area contributed by atoms with Gasteiger partial charge in [0.05, 0.1) is 12.2 Å². The lowest BCUT2D eigenvalue weighted by molar-refractivity contribution is -0.174. The summed E-state index contributed by atoms with van der Waals surface area (Å²) in [6.45, 7) is 10.1. The standard InChI is InChI=1S/C18H30O4/c1-13(19)7-6-9-17(4)10-8-14(11-15(17)20)18(5)12-21-16(2,3)22-18/h14H,6-12H2,1-5H3/t14-,17-,18+/m1/s1. The monoisotopic (exact) mass is 310 g/mol. The number of Topliss-reactive ketones (excluding diaryl/α,β-unsaturated/α-hetero) is 2. The minimum atomic E-state index is -0.556. The number of rotatable bonds is 5. The summed E-state index contributed by atoms with van der Waals surface area (Å²) in [5.74, 6) is 0.195. The Morgan fingerprint density at radius 1 is 1.27 bits per heavy atom. The van der Waals surface area contributed by atoms with E-state index in [0.717, 1.165) is 25.7 Å². The van der Waals surface area contributed by atoms with Gasteiger partial charge in [0.2, 0.25) is 0 Å². The van der Waals surface area contributed by atoms with Crippen LogP contribution in [0.2, 0.25) is 0 Å². The van der Waals surface area contributed by atoms with Gasteiger partial charge in [-0.1, -0.05) is 6.92 Å². The zero-order valence-corrected chi connectivity index (χ0v) is 14.7. The average molecular weight is 310 g/mol. The van der Waals surface area contributed by atoms with E-state index in [0.29, 0.717) is 25.2 Å². The first-order valence-electron chi connectivity index (χ1n) is 8.43. The number of carbonyl (C=O) groups is 2. The molecule has 1 saturated heterocycles. The van der Waals surface area contributed by atoms with Gasteiger partial charge in [0.25, 0.3) is 0 Å². The molecular formula is C18H30O4. The molecule has 0 N–H and O–H groups in total. The van der Waals surface area contributed by atoms with E-state index in [1.165, 1.54) is 0 Å². The zero-order valence-electron chi connectivity index (χ0n) is 14.7. The van der Waals surface area contributed by atoms with Crippen molar-refractivity contribution in [2.24, 2.45) is 11.3 Å². The van der Waals surface area contributed by atoms with Crippen molar-refractivity contribution in [1.82, 2.24) is 0 Å². The Bertz CT molecular complexity index is 456. The predicted octanol–water partition coefficient (Wildman–Crippen LogP) is 3.66. The van der Waals surface area contributed by atoms with Gasteiger partial charge in [0.1, 0.15) is 11.6 Å². The van der Waals surface area contributed by atoms with Crippen LogP contribution in [0, 0.1) is 11.3 Å². The highest BCUT2D eigenvalue weighted by molar-refractivity contribution is 5.85. The fourth-order valence-electron chi connectivity index (χ4n) is 3.86. The average Bonchev–Trinajstić information content (AvgIpc) is 2.68. The van der Waals surface area contributed by atoms with Gasteiger partial charge >= 0.3 is 0 Å². The molecule has 0 unspecified atom stereocenters. The van der Waals surface area contributed by atoms with Crippen LogP contribution in [0.1, 0.15) is 73.1 Å². The van der Waals surface area contributed by atoms with E-state index >= 15 is 0 Å². The second kappa shape index (κ2) is 6.04. The Balaban J connectivity index is 1.95. The van der Waals surface area contributed by atoms with Crippen LogP contribution in [-0.4, -0.2) is 29.6 Å². The van der Waals surface area contributed by atoms with Gasteiger partial charge in [-0.05, 0) is 59.3 Å². The second-order valence-electron chi connectivity index (χ2n) is 8.08. The van der Waals surface area contributed by atoms with Crippen LogP contribution in [0.5, 0.6) is 0 Å². The summed E-state index contributed by atoms with van der Waals surface area (Å²) in [6.07, 6.45) is 4.64. The number of carbonyl (C=O) groups excluding carboxylic acids is 2. The third-order valence-electron chi connectivity index (χ3n) is 5.46. The summed E-state index contributed by atoms with van der Waals surface area (Å²) in [7, 11) is 0. The zero-order chi connectivity index (χ0) is 16.6. The smallest absolute Gasteiger partial charge is 0.163 e. The van der Waals surface area contributed by atoms with Crippen molar-refractivity contribution in [2.45, 2.75) is 84.5 Å². The van der Waals surface area contributed by atoms with Crippen molar-refractivity contribution in [3.05, 3.63) is 0 Å². The lowest BCUT2D eigenvalue weighted by Crippen LogP contribution is -2.46. The van der Waals surface area contributed by atoms with Crippen LogP contribution in [0.3, 0.4) is 0 Å². The topological polar surface area (TPSA) is 52.6 Å². The van der Waals surface area contributed by atoms with E-state index in [-0.39, 0.29) is 22.7 Å². The van der Waals surface area contributed by atoms with Crippen LogP contribution >= 0.6 is 0 Å². The Labute approximate surface area is 133 Å². The SMILES string of the molecule is CC(=O)CCC[C@]1(C)CC[C@@H]([C@]2(C)COC(C)(C)O2)CC1=O. The van der Waals surface area contributed by atoms with E-state index in [4.69, 9.17) is 9.47 Å². The molecule has 2 aliphatic rings. The largest absolute Gasteiger partial charge is 0.347 e. The summed E-state index contributed by atoms with van der Waals surface area (Å²) >= 11 is 0. The Morgan fingerprint density at radius 3 is 2.45 bits per heavy atom. The summed E-state index contributed by atoms with van der Waals surface area (Å²) in [4.78, 5) is 23.8. The molecule has 1 aliphatic heterocycles. The van der Waals surface area contributed by atoms with Crippen LogP contribution < -0.4 is 0 Å². The molecule has 3 atom stereocenters. The number of ether oxygens (including phenoxy) is 2. The van der Waals surface area contributed by atoms with E-state index in [1.54, 1.807) is 6.92 Å². The second-order valence-corrected chi connectivity index (χ2v) is 8.08. The fourth-order valence-corrected chi connectivity index (χ4v) is 3.86. The fraction of sp³-hybridized carbons (Fsp3) is 0.889. The van der Waals surface area contributed by atoms with Crippen molar-refractivity contribution in [1.29, 1.82) is 0 Å². The maximum absolute atomic E-state index is 12.7. The number of hydrogen-bond donors (Lipinski definition) is 0. The quantitative estimate of drug-likeness (QED) is 0.777. The van der Waals surface area contributed by atoms with Crippen molar-refractivity contribution >= 4 is 11.6 Å². The van der Waals surface area contributed by atoms with Crippen molar-refractivity contribution in [2.75, 3.05) is 6.61 Å². The first-order valence-corrected chi connectivity index (χ1v) is 8.43. The molecule has 2 fully saturated rings. The summed E-state index contributed by atoms with van der Waals surface area (Å²) in [6, 6.07) is 0. The Hall–Kier alpha value is -0.740. The van der Waals surface area contributed by atoms with Crippen molar-refractivity contribution in [3.8, 4) is 0 Å². The first kappa shape index (κ1) is 17.6. The molecular weight excluding hydrogens is 280 g/mol. The van der Waals surface area contributed by atoms with Gasteiger partial charge in [-0.15, -0.1) is 0 Å². The molecule has 1 aliphatic carbocycles. The molecule has 0 spiro atoms. The van der Waals surface area contributed by atoms with E-state index < -0.39 is 5.79 Å². The molecule has 4 heteroatoms. The maximum Gasteiger partial charge on any atom is 0.163 e. The molecule has 2 rings (SSSR count). The van der Waals surface area contributed by atoms with Gasteiger partial charge < -0.3 is 14.3 Å². The molecule has 0 bridgehead atoms. The summed E-state index contributed by atoms with van der Waals surface area (Å²) in [5, 5.41) is 0. The van der Waals surface area contributed by atoms with Crippen molar-refractivity contribution < 1.29 is 19.1 Å². The molecule has 0 aromatic carbocycles. The predicted molar refractivity (Wildman–Crippen MR) is 84.5 cm³/mol. The van der Waals surface area contributed by atoms with Gasteiger partial charge in [0, 0.05) is 18.3 Å². The van der Waals surface area contributed by atoms with Gasteiger partial charge in [-0.2, -0.15) is 0 Å². The lowest BCUT2D eigenvalue weighted by atomic mass is 9.65. The van der Waals surface area contributed by atoms with Gasteiger partial charge in [0.15, 0.2) is 5.79 Å². The maximum atomic E-state index is 12.7. The molecule has 0 aromatic rings. The molecule has 0 radical (unpaired) electrons. The molecule has 4 nitrogen and oxygen atoms in total. The molecule has 1 saturated carbocycles. The third-order valence-corrected chi connectivity index (χ3v) is 5.46. The summed E-state index contributed by atoms with van der Waals surface area (Å²) < 4.78 is 11.8. The molecule has 1 heterocycles. The number of ketones is 2. The van der Waals surface area contributed by atoms with Gasteiger partial charge in [-0.25, -0.2) is 0 Å². The normalized spacial score (nSPS) is 38.2. The van der Waals surface area contributed by atoms with Gasteiger partial charge in [-0.3, -0.25) is 4.79 Å². The Morgan fingerprint density at radius 2 is 1.95 bits per heavy atom. The highest BCUT2D eigenvalue weighted by Gasteiger charge is 2.51. The third kappa shape index (κ3) is 3.77. The van der Waals surface area contributed by atoms with Crippen molar-refractivity contribution in [3.63, 3.8) is 0 Å². The van der Waals surface area contributed by atoms with E-state index in [9.17, 15) is 9.59 Å². The highest BCUT2D eigenvalue weighted by Crippen LogP contribution is 2.47. The molecule has 0 aromatic heterocycles. The molecule has 126 valence electrons. The van der Waals surface area contributed by atoms with E-state index in [1.807, 2.05) is 13.8 Å². The van der Waals surface area contributed by atoms with Crippen LogP contribution in [0.15, 0.2) is 0 Å². The molecule has 0 amide bonds. The number of hydrogen-bond acceptors (Lipinski definition) is 4. The van der Waals surface area contributed by atoms with Crippen LogP contribution in [0.25, 0.3) is 0 Å². The highest BCUT2D eigenvalue weighted by atomic mass is 16.8.